The quantitative estimate of drug-likeness (QED) is 0.704. The molecule has 0 saturated carbocycles. The fourth-order valence-corrected chi connectivity index (χ4v) is 5.43. The standard InChI is InChI=1S/C24H28F3N3O4/c1-14-10-20-18(21-19(22(31)28-20)12-30(21)15-4-8-33-9-5-15)11-17(14)23(32)29-6-2-16(3-7-29)34-13-24(25,26)27/h10-11,15-16H,2-9,12-13H2,1H3,(H,28,31)/p+1. The fraction of sp³-hybridized carbons (Fsp3) is 0.583. The molecule has 1 aromatic carbocycles. The molecule has 2 N–H and O–H groups in total. The normalized spacial score (nSPS) is 22.0. The van der Waals surface area contributed by atoms with Gasteiger partial charge >= 0.3 is 6.18 Å². The lowest BCUT2D eigenvalue weighted by molar-refractivity contribution is -0.896. The molecule has 7 nitrogen and oxygen atoms in total. The SMILES string of the molecule is Cc1cc2[nH]c(=O)c3c(c2cc1C(=O)N1CCC(OCC(F)(F)F)CC1)[NH+](C1CCOCC1)C3. The van der Waals surface area contributed by atoms with Crippen molar-refractivity contribution < 1.29 is 32.3 Å². The maximum Gasteiger partial charge on any atom is 0.411 e. The number of aryl methyl sites for hydroxylation is 1. The third-order valence-electron chi connectivity index (χ3n) is 7.30. The summed E-state index contributed by atoms with van der Waals surface area (Å²) in [6.07, 6.45) is -2.22. The number of carbonyl (C=O) groups is 1. The molecule has 5 rings (SSSR count). The Kier molecular flexibility index (Phi) is 6.16. The van der Waals surface area contributed by atoms with E-state index in [0.717, 1.165) is 53.8 Å². The number of H-pyrrole nitrogens is 1. The predicted octanol–water partition coefficient (Wildman–Crippen LogP) is 2.23. The minimum atomic E-state index is -4.35. The number of aromatic nitrogens is 1. The van der Waals surface area contributed by atoms with E-state index in [1.807, 2.05) is 19.1 Å². The Morgan fingerprint density at radius 1 is 1.21 bits per heavy atom. The molecular formula is C24H29F3N3O4+. The van der Waals surface area contributed by atoms with E-state index in [0.29, 0.717) is 44.1 Å². The van der Waals surface area contributed by atoms with E-state index in [1.165, 1.54) is 4.90 Å². The van der Waals surface area contributed by atoms with Gasteiger partial charge in [0, 0.05) is 31.5 Å². The Morgan fingerprint density at radius 2 is 1.91 bits per heavy atom. The molecule has 2 saturated heterocycles. The van der Waals surface area contributed by atoms with Crippen molar-refractivity contribution >= 4 is 22.5 Å². The van der Waals surface area contributed by atoms with Crippen LogP contribution < -0.4 is 10.5 Å². The number of quaternary nitrogens is 1. The summed E-state index contributed by atoms with van der Waals surface area (Å²) >= 11 is 0. The number of pyridine rings is 1. The molecule has 0 radical (unpaired) electrons. The number of halogens is 3. The van der Waals surface area contributed by atoms with Gasteiger partial charge in [0.25, 0.3) is 11.5 Å². The molecule has 0 spiro atoms. The topological polar surface area (TPSA) is 76.1 Å². The highest BCUT2D eigenvalue weighted by Gasteiger charge is 2.40. The van der Waals surface area contributed by atoms with Crippen molar-refractivity contribution in [3.63, 3.8) is 0 Å². The van der Waals surface area contributed by atoms with Gasteiger partial charge in [-0.3, -0.25) is 14.5 Å². The summed E-state index contributed by atoms with van der Waals surface area (Å²) in [6, 6.07) is 4.12. The van der Waals surface area contributed by atoms with Crippen LogP contribution in [0, 0.1) is 6.92 Å². The molecule has 184 valence electrons. The van der Waals surface area contributed by atoms with Crippen LogP contribution in [-0.4, -0.2) is 67.0 Å². The molecule has 1 aromatic heterocycles. The van der Waals surface area contributed by atoms with Crippen molar-refractivity contribution in [2.75, 3.05) is 32.9 Å². The van der Waals surface area contributed by atoms with Crippen LogP contribution in [0.3, 0.4) is 0 Å². The summed E-state index contributed by atoms with van der Waals surface area (Å²) in [5, 5.41) is 0.889. The third kappa shape index (κ3) is 4.46. The summed E-state index contributed by atoms with van der Waals surface area (Å²) in [6.45, 7) is 3.39. The zero-order valence-electron chi connectivity index (χ0n) is 19.1. The van der Waals surface area contributed by atoms with Gasteiger partial charge < -0.3 is 19.4 Å². The minimum Gasteiger partial charge on any atom is -0.381 e. The number of amides is 1. The molecule has 4 heterocycles. The van der Waals surface area contributed by atoms with Gasteiger partial charge in [-0.05, 0) is 37.5 Å². The smallest absolute Gasteiger partial charge is 0.381 e. The molecule has 1 unspecified atom stereocenters. The van der Waals surface area contributed by atoms with Gasteiger partial charge in [-0.25, -0.2) is 0 Å². The lowest BCUT2D eigenvalue weighted by atomic mass is 9.93. The number of ether oxygens (including phenoxy) is 2. The van der Waals surface area contributed by atoms with Crippen LogP contribution in [0.15, 0.2) is 16.9 Å². The van der Waals surface area contributed by atoms with Gasteiger partial charge in [-0.15, -0.1) is 0 Å². The van der Waals surface area contributed by atoms with Gasteiger partial charge in [0.05, 0.1) is 36.3 Å². The molecule has 1 amide bonds. The highest BCUT2D eigenvalue weighted by atomic mass is 19.4. The van der Waals surface area contributed by atoms with Crippen LogP contribution in [0.2, 0.25) is 0 Å². The largest absolute Gasteiger partial charge is 0.411 e. The number of rotatable bonds is 4. The molecule has 3 aliphatic rings. The average molecular weight is 481 g/mol. The van der Waals surface area contributed by atoms with Crippen molar-refractivity contribution in [3.05, 3.63) is 39.2 Å². The number of hydrogen-bond donors (Lipinski definition) is 2. The summed E-state index contributed by atoms with van der Waals surface area (Å²) < 4.78 is 47.7. The Hall–Kier alpha value is -2.43. The van der Waals surface area contributed by atoms with E-state index in [9.17, 15) is 22.8 Å². The molecule has 1 atom stereocenters. The number of fused-ring (bicyclic) bond motifs is 3. The van der Waals surface area contributed by atoms with Crippen LogP contribution in [0.4, 0.5) is 18.9 Å². The molecule has 2 aromatic rings. The van der Waals surface area contributed by atoms with Crippen LogP contribution >= 0.6 is 0 Å². The summed E-state index contributed by atoms with van der Waals surface area (Å²) in [7, 11) is 0. The Bertz CT molecular complexity index is 1150. The van der Waals surface area contributed by atoms with Crippen molar-refractivity contribution in [2.24, 2.45) is 0 Å². The first-order chi connectivity index (χ1) is 16.2. The number of hydrogen-bond acceptors (Lipinski definition) is 4. The van der Waals surface area contributed by atoms with Crippen molar-refractivity contribution in [1.82, 2.24) is 9.88 Å². The van der Waals surface area contributed by atoms with Crippen LogP contribution in [-0.2, 0) is 16.0 Å². The monoisotopic (exact) mass is 480 g/mol. The first-order valence-electron chi connectivity index (χ1n) is 11.8. The van der Waals surface area contributed by atoms with Crippen LogP contribution in [0.25, 0.3) is 10.9 Å². The number of carbonyl (C=O) groups excluding carboxylic acids is 1. The van der Waals surface area contributed by atoms with Crippen molar-refractivity contribution in [2.45, 2.75) is 57.5 Å². The second-order valence-electron chi connectivity index (χ2n) is 9.53. The zero-order valence-corrected chi connectivity index (χ0v) is 19.1. The molecule has 0 bridgehead atoms. The third-order valence-corrected chi connectivity index (χ3v) is 7.30. The Morgan fingerprint density at radius 3 is 2.59 bits per heavy atom. The molecule has 34 heavy (non-hydrogen) atoms. The Balaban J connectivity index is 1.38. The average Bonchev–Trinajstić information content (AvgIpc) is 2.78. The highest BCUT2D eigenvalue weighted by molar-refractivity contribution is 6.02. The van der Waals surface area contributed by atoms with Crippen molar-refractivity contribution in [1.29, 1.82) is 0 Å². The van der Waals surface area contributed by atoms with Crippen molar-refractivity contribution in [3.8, 4) is 0 Å². The number of likely N-dealkylation sites (tertiary alicyclic amines) is 1. The van der Waals surface area contributed by atoms with E-state index >= 15 is 0 Å². The minimum absolute atomic E-state index is 0.0716. The predicted molar refractivity (Wildman–Crippen MR) is 118 cm³/mol. The van der Waals surface area contributed by atoms with E-state index in [2.05, 4.69) is 4.98 Å². The second-order valence-corrected chi connectivity index (χ2v) is 9.53. The molecule has 10 heteroatoms. The van der Waals surface area contributed by atoms with Gasteiger partial charge in [-0.1, -0.05) is 0 Å². The summed E-state index contributed by atoms with van der Waals surface area (Å²) in [5.74, 6) is -0.138. The number of nitrogens with zero attached hydrogens (tertiary/aromatic N) is 1. The molecule has 3 aliphatic heterocycles. The number of piperidine rings is 1. The number of benzene rings is 1. The zero-order chi connectivity index (χ0) is 24.0. The van der Waals surface area contributed by atoms with Gasteiger partial charge in [0.2, 0.25) is 0 Å². The number of aromatic amines is 1. The van der Waals surface area contributed by atoms with E-state index in [1.54, 1.807) is 4.90 Å². The highest BCUT2D eigenvalue weighted by Crippen LogP contribution is 2.30. The van der Waals surface area contributed by atoms with Gasteiger partial charge in [0.1, 0.15) is 18.7 Å². The summed E-state index contributed by atoms with van der Waals surface area (Å²) in [5.41, 5.74) is 3.74. The first-order valence-corrected chi connectivity index (χ1v) is 11.8. The Labute approximate surface area is 194 Å². The second kappa shape index (κ2) is 8.98. The van der Waals surface area contributed by atoms with Gasteiger partial charge in [0.15, 0.2) is 5.69 Å². The summed E-state index contributed by atoms with van der Waals surface area (Å²) in [4.78, 5) is 31.9. The van der Waals surface area contributed by atoms with Gasteiger partial charge in [-0.2, -0.15) is 13.2 Å². The fourth-order valence-electron chi connectivity index (χ4n) is 5.43. The maximum atomic E-state index is 13.4. The molecule has 0 aliphatic carbocycles. The lowest BCUT2D eigenvalue weighted by Crippen LogP contribution is -3.15. The van der Waals surface area contributed by atoms with Crippen LogP contribution in [0.5, 0.6) is 0 Å². The molecule has 2 fully saturated rings. The maximum absolute atomic E-state index is 13.4. The first kappa shape index (κ1) is 23.3. The number of alkyl halides is 3. The van der Waals surface area contributed by atoms with E-state index < -0.39 is 18.9 Å². The number of nitrogens with one attached hydrogen (secondary N) is 2. The van der Waals surface area contributed by atoms with E-state index in [4.69, 9.17) is 9.47 Å². The molecular weight excluding hydrogens is 451 g/mol. The van der Waals surface area contributed by atoms with Crippen LogP contribution in [0.1, 0.15) is 47.2 Å². The van der Waals surface area contributed by atoms with E-state index in [-0.39, 0.29) is 11.5 Å². The lowest BCUT2D eigenvalue weighted by Gasteiger charge is -2.38.